The highest BCUT2D eigenvalue weighted by Gasteiger charge is 2.22. The van der Waals surface area contributed by atoms with E-state index in [-0.39, 0.29) is 0 Å². The van der Waals surface area contributed by atoms with E-state index in [2.05, 4.69) is 23.0 Å². The molecule has 2 heterocycles. The van der Waals surface area contributed by atoms with Crippen molar-refractivity contribution in [2.24, 2.45) is 5.92 Å². The second-order valence-corrected chi connectivity index (χ2v) is 7.67. The Morgan fingerprint density at radius 1 is 1.20 bits per heavy atom. The first kappa shape index (κ1) is 16.9. The minimum atomic E-state index is 0.575. The smallest absolute Gasteiger partial charge is 0.163 e. The zero-order chi connectivity index (χ0) is 17.4. The predicted octanol–water partition coefficient (Wildman–Crippen LogP) is 4.11. The minimum absolute atomic E-state index is 0.575. The predicted molar refractivity (Wildman–Crippen MR) is 101 cm³/mol. The number of hydrogen-bond donors (Lipinski definition) is 0. The lowest BCUT2D eigenvalue weighted by Gasteiger charge is -2.20. The second-order valence-electron chi connectivity index (χ2n) is 7.31. The molecule has 1 atom stereocenters. The molecule has 2 aliphatic rings. The van der Waals surface area contributed by atoms with Gasteiger partial charge < -0.3 is 14.4 Å². The van der Waals surface area contributed by atoms with Crippen LogP contribution in [0.3, 0.4) is 0 Å². The summed E-state index contributed by atoms with van der Waals surface area (Å²) in [6.07, 6.45) is 5.66. The first-order valence-electron chi connectivity index (χ1n) is 9.16. The third-order valence-corrected chi connectivity index (χ3v) is 5.82. The van der Waals surface area contributed by atoms with E-state index < -0.39 is 0 Å². The van der Waals surface area contributed by atoms with Gasteiger partial charge in [0.05, 0.1) is 19.2 Å². The minimum Gasteiger partial charge on any atom is -0.493 e. The molecule has 1 aliphatic carbocycles. The van der Waals surface area contributed by atoms with Crippen LogP contribution in [0.5, 0.6) is 11.5 Å². The molecule has 1 unspecified atom stereocenters. The number of hydrogen-bond acceptors (Lipinski definition) is 4. The van der Waals surface area contributed by atoms with Crippen LogP contribution in [0.1, 0.15) is 30.4 Å². The van der Waals surface area contributed by atoms with E-state index in [1.165, 1.54) is 30.4 Å². The summed E-state index contributed by atoms with van der Waals surface area (Å²) in [6.45, 7) is 2.95. The van der Waals surface area contributed by atoms with E-state index in [1.54, 1.807) is 7.11 Å². The van der Waals surface area contributed by atoms with Crippen molar-refractivity contribution in [3.63, 3.8) is 0 Å². The van der Waals surface area contributed by atoms with Gasteiger partial charge in [-0.3, -0.25) is 0 Å². The molecule has 0 spiro atoms. The fraction of sp³-hybridized carbons (Fsp3) is 0.550. The summed E-state index contributed by atoms with van der Waals surface area (Å²) in [6, 6.07) is 4.08. The lowest BCUT2D eigenvalue weighted by Crippen LogP contribution is -2.18. The Hall–Kier alpha value is -1.52. The zero-order valence-corrected chi connectivity index (χ0v) is 15.7. The van der Waals surface area contributed by atoms with Crippen molar-refractivity contribution in [2.75, 3.05) is 33.9 Å². The van der Waals surface area contributed by atoms with Crippen LogP contribution in [0.25, 0.3) is 10.9 Å². The van der Waals surface area contributed by atoms with Crippen LogP contribution < -0.4 is 9.47 Å². The summed E-state index contributed by atoms with van der Waals surface area (Å²) in [5, 5.41) is 1.81. The number of benzene rings is 1. The molecule has 25 heavy (non-hydrogen) atoms. The standard InChI is InChI=1S/C20H25ClN2O2/c1-23-8-7-13(11-23)12-25-19-10-17-16(9-18(19)24-2)14-5-3-4-6-15(14)20(21)22-17/h9-10,13H,3-8,11-12H2,1-2H3. The number of aryl methyl sites for hydroxylation is 1. The molecule has 0 N–H and O–H groups in total. The number of aromatic nitrogens is 1. The van der Waals surface area contributed by atoms with Crippen LogP contribution in [-0.4, -0.2) is 43.7 Å². The van der Waals surface area contributed by atoms with Gasteiger partial charge in [-0.15, -0.1) is 0 Å². The van der Waals surface area contributed by atoms with Gasteiger partial charge in [-0.25, -0.2) is 4.98 Å². The number of methoxy groups -OCH3 is 1. The van der Waals surface area contributed by atoms with Crippen molar-refractivity contribution in [3.05, 3.63) is 28.4 Å². The van der Waals surface area contributed by atoms with Crippen molar-refractivity contribution in [1.82, 2.24) is 9.88 Å². The molecule has 4 rings (SSSR count). The van der Waals surface area contributed by atoms with Crippen molar-refractivity contribution >= 4 is 22.5 Å². The summed E-state index contributed by atoms with van der Waals surface area (Å²) in [7, 11) is 3.86. The summed E-state index contributed by atoms with van der Waals surface area (Å²) in [5.74, 6) is 2.13. The van der Waals surface area contributed by atoms with Crippen LogP contribution in [0, 0.1) is 5.92 Å². The van der Waals surface area contributed by atoms with Crippen LogP contribution in [0.2, 0.25) is 5.15 Å². The van der Waals surface area contributed by atoms with Gasteiger partial charge in [-0.05, 0) is 62.9 Å². The SMILES string of the molecule is COc1cc2c3c(c(Cl)nc2cc1OCC1CCN(C)C1)CCCC3. The Kier molecular flexibility index (Phi) is 4.74. The molecule has 0 amide bonds. The van der Waals surface area contributed by atoms with Gasteiger partial charge in [0.25, 0.3) is 0 Å². The Morgan fingerprint density at radius 3 is 2.72 bits per heavy atom. The van der Waals surface area contributed by atoms with Gasteiger partial charge >= 0.3 is 0 Å². The normalized spacial score (nSPS) is 20.7. The lowest BCUT2D eigenvalue weighted by molar-refractivity contribution is 0.239. The van der Waals surface area contributed by atoms with Crippen molar-refractivity contribution in [2.45, 2.75) is 32.1 Å². The maximum atomic E-state index is 6.46. The van der Waals surface area contributed by atoms with Gasteiger partial charge in [0.2, 0.25) is 0 Å². The van der Waals surface area contributed by atoms with E-state index in [0.717, 1.165) is 48.3 Å². The number of nitrogens with zero attached hydrogens (tertiary/aromatic N) is 2. The quantitative estimate of drug-likeness (QED) is 0.769. The van der Waals surface area contributed by atoms with Crippen molar-refractivity contribution in [1.29, 1.82) is 0 Å². The third kappa shape index (κ3) is 3.30. The molecule has 2 aromatic rings. The van der Waals surface area contributed by atoms with Gasteiger partial charge in [-0.2, -0.15) is 0 Å². The van der Waals surface area contributed by atoms with Crippen molar-refractivity contribution in [3.8, 4) is 11.5 Å². The second kappa shape index (κ2) is 7.00. The highest BCUT2D eigenvalue weighted by molar-refractivity contribution is 6.30. The molecule has 0 saturated carbocycles. The van der Waals surface area contributed by atoms with Crippen LogP contribution in [-0.2, 0) is 12.8 Å². The molecule has 1 fully saturated rings. The molecule has 5 heteroatoms. The van der Waals surface area contributed by atoms with Gasteiger partial charge in [0.15, 0.2) is 11.5 Å². The molecule has 0 radical (unpaired) electrons. The lowest BCUT2D eigenvalue weighted by atomic mass is 9.90. The average Bonchev–Trinajstić information content (AvgIpc) is 3.05. The van der Waals surface area contributed by atoms with Gasteiger partial charge in [0.1, 0.15) is 5.15 Å². The Bertz CT molecular complexity index is 793. The molecule has 0 bridgehead atoms. The van der Waals surface area contributed by atoms with Crippen LogP contribution in [0.15, 0.2) is 12.1 Å². The Morgan fingerprint density at radius 2 is 2.00 bits per heavy atom. The van der Waals surface area contributed by atoms with E-state index in [9.17, 15) is 0 Å². The monoisotopic (exact) mass is 360 g/mol. The van der Waals surface area contributed by atoms with Gasteiger partial charge in [0, 0.05) is 23.9 Å². The fourth-order valence-corrected chi connectivity index (χ4v) is 4.43. The number of fused-ring (bicyclic) bond motifs is 3. The highest BCUT2D eigenvalue weighted by Crippen LogP contribution is 2.38. The number of pyridine rings is 1. The van der Waals surface area contributed by atoms with Crippen molar-refractivity contribution < 1.29 is 9.47 Å². The van der Waals surface area contributed by atoms with Crippen LogP contribution in [0.4, 0.5) is 0 Å². The van der Waals surface area contributed by atoms with E-state index in [0.29, 0.717) is 17.7 Å². The molecule has 1 aromatic carbocycles. The van der Waals surface area contributed by atoms with E-state index >= 15 is 0 Å². The number of likely N-dealkylation sites (tertiary alicyclic amines) is 1. The molecule has 1 aromatic heterocycles. The first-order valence-corrected chi connectivity index (χ1v) is 9.54. The molecule has 4 nitrogen and oxygen atoms in total. The van der Waals surface area contributed by atoms with Crippen LogP contribution >= 0.6 is 11.6 Å². The fourth-order valence-electron chi connectivity index (χ4n) is 4.13. The highest BCUT2D eigenvalue weighted by atomic mass is 35.5. The molecular weight excluding hydrogens is 336 g/mol. The van der Waals surface area contributed by atoms with Gasteiger partial charge in [-0.1, -0.05) is 11.6 Å². The number of ether oxygens (including phenoxy) is 2. The Balaban J connectivity index is 1.67. The summed E-state index contributed by atoms with van der Waals surface area (Å²) >= 11 is 6.46. The largest absolute Gasteiger partial charge is 0.493 e. The summed E-state index contributed by atoms with van der Waals surface area (Å²) in [5.41, 5.74) is 3.46. The molecule has 1 saturated heterocycles. The zero-order valence-electron chi connectivity index (χ0n) is 15.0. The van der Waals surface area contributed by atoms with E-state index in [1.807, 2.05) is 6.07 Å². The average molecular weight is 361 g/mol. The molecular formula is C20H25ClN2O2. The summed E-state index contributed by atoms with van der Waals surface area (Å²) in [4.78, 5) is 6.98. The van der Waals surface area contributed by atoms with E-state index in [4.69, 9.17) is 21.1 Å². The maximum Gasteiger partial charge on any atom is 0.163 e. The first-order chi connectivity index (χ1) is 12.2. The maximum absolute atomic E-state index is 6.46. The topological polar surface area (TPSA) is 34.6 Å². The number of rotatable bonds is 4. The third-order valence-electron chi connectivity index (χ3n) is 5.51. The molecule has 1 aliphatic heterocycles. The Labute approximate surface area is 154 Å². The summed E-state index contributed by atoms with van der Waals surface area (Å²) < 4.78 is 11.7. The number of halogens is 1. The molecule has 134 valence electrons.